The van der Waals surface area contributed by atoms with Crippen molar-refractivity contribution in [3.05, 3.63) is 83.4 Å². The van der Waals surface area contributed by atoms with Crippen molar-refractivity contribution in [1.29, 1.82) is 0 Å². The molecule has 0 bridgehead atoms. The van der Waals surface area contributed by atoms with Crippen LogP contribution in [0, 0.1) is 0 Å². The fraction of sp³-hybridized carbons (Fsp3) is 0.321. The second-order valence-electron chi connectivity index (χ2n) is 10.5. The van der Waals surface area contributed by atoms with Crippen molar-refractivity contribution in [1.82, 2.24) is 9.55 Å². The molecule has 5 heteroatoms. The summed E-state index contributed by atoms with van der Waals surface area (Å²) in [5, 5.41) is 10.1. The molecule has 0 saturated carbocycles. The number of imidazole rings is 1. The number of aromatic nitrogens is 2. The number of hydrogen-bond acceptors (Lipinski definition) is 2. The van der Waals surface area contributed by atoms with E-state index >= 15 is 0 Å². The molecule has 0 atom stereocenters. The van der Waals surface area contributed by atoms with Crippen LogP contribution in [-0.4, -0.2) is 30.4 Å². The van der Waals surface area contributed by atoms with Crippen molar-refractivity contribution in [2.75, 3.05) is 0 Å². The molecule has 0 aliphatic carbocycles. The zero-order valence-corrected chi connectivity index (χ0v) is 20.3. The van der Waals surface area contributed by atoms with Crippen LogP contribution in [-0.2, 0) is 16.2 Å². The Kier molecular flexibility index (Phi) is 5.61. The average Bonchev–Trinajstić information content (AvgIpc) is 3.11. The minimum Gasteiger partial charge on any atom is -0.386 e. The first-order valence-corrected chi connectivity index (χ1v) is 11.3. The van der Waals surface area contributed by atoms with E-state index in [-0.39, 0.29) is 0 Å². The van der Waals surface area contributed by atoms with Gasteiger partial charge in [0.05, 0.1) is 38.0 Å². The van der Waals surface area contributed by atoms with Crippen LogP contribution in [0.25, 0.3) is 28.1 Å². The van der Waals surface area contributed by atoms with E-state index < -0.39 is 16.2 Å². The highest BCUT2D eigenvalue weighted by Crippen LogP contribution is 2.41. The first-order chi connectivity index (χ1) is 15.3. The molecular formula is C28H30B2N2O. The number of nitrogens with zero attached hydrogens (tertiary/aromatic N) is 2. The number of benzene rings is 3. The SMILES string of the molecule is [B]C(C)(C)c1cc(C([B])(C)C)c(-n2c(-c3ccccc3)nc3ccccc32)c(C(C)(C)O)c1. The van der Waals surface area contributed by atoms with Gasteiger partial charge in [0.2, 0.25) is 0 Å². The molecule has 33 heavy (non-hydrogen) atoms. The number of rotatable bonds is 5. The van der Waals surface area contributed by atoms with Crippen LogP contribution in [0.3, 0.4) is 0 Å². The molecule has 4 rings (SSSR count). The number of para-hydroxylation sites is 2. The van der Waals surface area contributed by atoms with Crippen molar-refractivity contribution >= 4 is 26.7 Å². The summed E-state index contributed by atoms with van der Waals surface area (Å²) in [7, 11) is 13.3. The number of hydrogen-bond donors (Lipinski definition) is 1. The minimum atomic E-state index is -1.14. The Labute approximate surface area is 199 Å². The Hall–Kier alpha value is -2.78. The highest BCUT2D eigenvalue weighted by Gasteiger charge is 2.32. The van der Waals surface area contributed by atoms with Gasteiger partial charge in [-0.05, 0) is 42.2 Å². The molecule has 0 spiro atoms. The Bertz CT molecular complexity index is 1270. The summed E-state index contributed by atoms with van der Waals surface area (Å²) in [5.74, 6) is 0.799. The Balaban J connectivity index is 2.23. The molecular weight excluding hydrogens is 402 g/mol. The molecule has 164 valence electrons. The molecule has 4 radical (unpaired) electrons. The maximum Gasteiger partial charge on any atom is 0.145 e. The van der Waals surface area contributed by atoms with Gasteiger partial charge in [-0.25, -0.2) is 4.98 Å². The molecule has 0 fully saturated rings. The predicted molar refractivity (Wildman–Crippen MR) is 139 cm³/mol. The van der Waals surface area contributed by atoms with Gasteiger partial charge in [0.1, 0.15) is 5.82 Å². The largest absolute Gasteiger partial charge is 0.386 e. The van der Waals surface area contributed by atoms with E-state index in [0.717, 1.165) is 44.8 Å². The monoisotopic (exact) mass is 432 g/mol. The normalized spacial score (nSPS) is 12.9. The third kappa shape index (κ3) is 4.39. The lowest BCUT2D eigenvalue weighted by atomic mass is 9.62. The lowest BCUT2D eigenvalue weighted by molar-refractivity contribution is 0.0783. The third-order valence-electron chi connectivity index (χ3n) is 6.02. The first kappa shape index (κ1) is 23.4. The second-order valence-corrected chi connectivity index (χ2v) is 10.5. The smallest absolute Gasteiger partial charge is 0.145 e. The molecule has 0 unspecified atom stereocenters. The second kappa shape index (κ2) is 7.92. The van der Waals surface area contributed by atoms with Crippen LogP contribution in [0.4, 0.5) is 0 Å². The van der Waals surface area contributed by atoms with E-state index in [1.807, 2.05) is 82.3 Å². The summed E-state index contributed by atoms with van der Waals surface area (Å²) >= 11 is 0. The van der Waals surface area contributed by atoms with E-state index in [0.29, 0.717) is 0 Å². The Morgan fingerprint density at radius 3 is 1.91 bits per heavy atom. The standard InChI is InChI=1S/C28H30B2N2O/c1-26(2,29)19-16-20(27(3,4)30)24(21(17-19)28(5,6)33)32-23-15-11-10-14-22(23)31-25(32)18-12-8-7-9-13-18/h7-17,33H,1-6H3. The van der Waals surface area contributed by atoms with E-state index in [2.05, 4.69) is 16.7 Å². The number of aliphatic hydroxyl groups is 1. The Morgan fingerprint density at radius 1 is 0.758 bits per heavy atom. The van der Waals surface area contributed by atoms with E-state index in [4.69, 9.17) is 20.7 Å². The molecule has 0 aliphatic heterocycles. The van der Waals surface area contributed by atoms with Gasteiger partial charge in [0.25, 0.3) is 0 Å². The van der Waals surface area contributed by atoms with Gasteiger partial charge in [-0.2, -0.15) is 0 Å². The summed E-state index contributed by atoms with van der Waals surface area (Å²) < 4.78 is 2.13. The first-order valence-electron chi connectivity index (χ1n) is 11.3. The quantitative estimate of drug-likeness (QED) is 0.410. The molecule has 0 amide bonds. The lowest BCUT2D eigenvalue weighted by Gasteiger charge is -2.34. The van der Waals surface area contributed by atoms with Gasteiger partial charge in [-0.15, -0.1) is 0 Å². The lowest BCUT2D eigenvalue weighted by Crippen LogP contribution is -2.28. The van der Waals surface area contributed by atoms with E-state index in [1.165, 1.54) is 0 Å². The van der Waals surface area contributed by atoms with Crippen molar-refractivity contribution in [3.63, 3.8) is 0 Å². The molecule has 3 aromatic carbocycles. The fourth-order valence-corrected chi connectivity index (χ4v) is 4.24. The van der Waals surface area contributed by atoms with Crippen LogP contribution in [0.15, 0.2) is 66.7 Å². The highest BCUT2D eigenvalue weighted by molar-refractivity contribution is 6.16. The van der Waals surface area contributed by atoms with E-state index in [9.17, 15) is 5.11 Å². The summed E-state index contributed by atoms with van der Waals surface area (Å²) in [6.45, 7) is 11.5. The van der Waals surface area contributed by atoms with Gasteiger partial charge < -0.3 is 5.11 Å². The number of fused-ring (bicyclic) bond motifs is 1. The van der Waals surface area contributed by atoms with Crippen molar-refractivity contribution in [2.45, 2.75) is 57.8 Å². The molecule has 1 N–H and O–H groups in total. The maximum atomic E-state index is 11.4. The fourth-order valence-electron chi connectivity index (χ4n) is 4.24. The molecule has 0 saturated heterocycles. The summed E-state index contributed by atoms with van der Waals surface area (Å²) in [5.41, 5.74) is 5.09. The van der Waals surface area contributed by atoms with Crippen molar-refractivity contribution in [2.24, 2.45) is 0 Å². The summed E-state index contributed by atoms with van der Waals surface area (Å²) in [6.07, 6.45) is 0. The van der Waals surface area contributed by atoms with Gasteiger partial charge in [-0.1, -0.05) is 87.9 Å². The molecule has 4 aromatic rings. The minimum absolute atomic E-state index is 0.599. The van der Waals surface area contributed by atoms with Crippen molar-refractivity contribution < 1.29 is 5.11 Å². The Morgan fingerprint density at radius 2 is 1.33 bits per heavy atom. The highest BCUT2D eigenvalue weighted by atomic mass is 16.3. The van der Waals surface area contributed by atoms with Gasteiger partial charge in [0, 0.05) is 11.1 Å². The summed E-state index contributed by atoms with van der Waals surface area (Å²) in [6, 6.07) is 22.2. The predicted octanol–water partition coefficient (Wildman–Crippen LogP) is 5.73. The van der Waals surface area contributed by atoms with E-state index in [1.54, 1.807) is 13.8 Å². The van der Waals surface area contributed by atoms with Crippen LogP contribution in [0.1, 0.15) is 58.2 Å². The molecule has 3 nitrogen and oxygen atoms in total. The zero-order chi connectivity index (χ0) is 24.2. The molecule has 0 aliphatic rings. The molecule has 1 heterocycles. The van der Waals surface area contributed by atoms with Gasteiger partial charge in [-0.3, -0.25) is 4.57 Å². The average molecular weight is 432 g/mol. The van der Waals surface area contributed by atoms with Crippen LogP contribution >= 0.6 is 0 Å². The topological polar surface area (TPSA) is 38.0 Å². The van der Waals surface area contributed by atoms with Crippen molar-refractivity contribution in [3.8, 4) is 17.1 Å². The zero-order valence-electron chi connectivity index (χ0n) is 20.3. The van der Waals surface area contributed by atoms with Gasteiger partial charge >= 0.3 is 0 Å². The van der Waals surface area contributed by atoms with Crippen LogP contribution in [0.2, 0.25) is 0 Å². The van der Waals surface area contributed by atoms with Crippen LogP contribution in [0.5, 0.6) is 0 Å². The van der Waals surface area contributed by atoms with Gasteiger partial charge in [0.15, 0.2) is 0 Å². The third-order valence-corrected chi connectivity index (χ3v) is 6.02. The van der Waals surface area contributed by atoms with Crippen LogP contribution < -0.4 is 0 Å². The summed E-state index contributed by atoms with van der Waals surface area (Å²) in [4.78, 5) is 4.99. The maximum absolute atomic E-state index is 11.4. The molecule has 1 aromatic heterocycles.